The fourth-order valence-electron chi connectivity index (χ4n) is 3.32. The number of fused-ring (bicyclic) bond motifs is 1. The Morgan fingerprint density at radius 3 is 2.62 bits per heavy atom. The molecule has 6 atom stereocenters. The molecule has 2 bridgehead atoms. The molecule has 3 aliphatic rings. The second kappa shape index (κ2) is 4.90. The molecule has 3 fully saturated rings. The highest BCUT2D eigenvalue weighted by atomic mass is 32.2. The first-order valence-corrected chi connectivity index (χ1v) is 7.92. The Bertz CT molecular complexity index is 570. The third-order valence-electron chi connectivity index (χ3n) is 4.05. The molecule has 3 aliphatic heterocycles. The van der Waals surface area contributed by atoms with Crippen LogP contribution in [0.2, 0.25) is 0 Å². The molecule has 0 aromatic heterocycles. The maximum absolute atomic E-state index is 11.8. The van der Waals surface area contributed by atoms with E-state index < -0.39 is 52.0 Å². The summed E-state index contributed by atoms with van der Waals surface area (Å²) in [5, 5.41) is 0. The van der Waals surface area contributed by atoms with E-state index in [-0.39, 0.29) is 18.6 Å². The number of carbonyl (C=O) groups excluding carboxylic acids is 2. The summed E-state index contributed by atoms with van der Waals surface area (Å²) in [4.78, 5) is 23.3. The molecular formula is C11H14O9S. The predicted octanol–water partition coefficient (Wildman–Crippen LogP) is -1.63. The molecule has 0 aliphatic carbocycles. The van der Waals surface area contributed by atoms with Crippen molar-refractivity contribution in [2.45, 2.75) is 24.4 Å². The number of hydrogen-bond donors (Lipinski definition) is 1. The van der Waals surface area contributed by atoms with Crippen LogP contribution in [0, 0.1) is 11.8 Å². The standard InChI is InChI=1S/C11H14O9S/c1-17-11(13)6-4-2-18-9-7(4)20-8(6)10(9)19-5(12)3-21(14,15)16/h4,6-10H,2-3H2,1H3,(H,14,15,16). The largest absolute Gasteiger partial charge is 0.469 e. The smallest absolute Gasteiger partial charge is 0.324 e. The van der Waals surface area contributed by atoms with Crippen molar-refractivity contribution < 1.29 is 41.5 Å². The average molecular weight is 322 g/mol. The zero-order valence-electron chi connectivity index (χ0n) is 11.0. The molecule has 6 unspecified atom stereocenters. The molecule has 118 valence electrons. The first-order chi connectivity index (χ1) is 9.81. The number of methoxy groups -OCH3 is 1. The van der Waals surface area contributed by atoms with Crippen LogP contribution in [0.15, 0.2) is 0 Å². The average Bonchev–Trinajstić information content (AvgIpc) is 2.96. The van der Waals surface area contributed by atoms with Crippen LogP contribution in [0.25, 0.3) is 0 Å². The molecule has 3 heterocycles. The Labute approximate surface area is 120 Å². The highest BCUT2D eigenvalue weighted by molar-refractivity contribution is 7.86. The summed E-state index contributed by atoms with van der Waals surface area (Å²) in [5.74, 6) is -3.51. The van der Waals surface area contributed by atoms with Gasteiger partial charge in [-0.15, -0.1) is 0 Å². The number of ether oxygens (including phenoxy) is 4. The minimum Gasteiger partial charge on any atom is -0.469 e. The fourth-order valence-corrected chi connectivity index (χ4v) is 3.68. The van der Waals surface area contributed by atoms with Crippen molar-refractivity contribution in [3.8, 4) is 0 Å². The normalized spacial score (nSPS) is 40.3. The molecule has 0 saturated carbocycles. The molecule has 0 aromatic carbocycles. The first-order valence-electron chi connectivity index (χ1n) is 6.31. The lowest BCUT2D eigenvalue weighted by atomic mass is 9.79. The van der Waals surface area contributed by atoms with E-state index in [1.54, 1.807) is 0 Å². The van der Waals surface area contributed by atoms with Crippen LogP contribution < -0.4 is 0 Å². The lowest BCUT2D eigenvalue weighted by Gasteiger charge is -2.27. The van der Waals surface area contributed by atoms with Gasteiger partial charge in [0.2, 0.25) is 0 Å². The van der Waals surface area contributed by atoms with E-state index >= 15 is 0 Å². The number of carbonyl (C=O) groups is 2. The topological polar surface area (TPSA) is 125 Å². The lowest BCUT2D eigenvalue weighted by Crippen LogP contribution is -2.48. The molecule has 0 amide bonds. The van der Waals surface area contributed by atoms with E-state index in [0.29, 0.717) is 0 Å². The van der Waals surface area contributed by atoms with E-state index in [0.717, 1.165) is 0 Å². The van der Waals surface area contributed by atoms with Crippen molar-refractivity contribution in [3.63, 3.8) is 0 Å². The van der Waals surface area contributed by atoms with Gasteiger partial charge in [-0.25, -0.2) is 0 Å². The van der Waals surface area contributed by atoms with Crippen LogP contribution in [0.4, 0.5) is 0 Å². The van der Waals surface area contributed by atoms with Gasteiger partial charge in [-0.2, -0.15) is 8.42 Å². The molecule has 9 nitrogen and oxygen atoms in total. The summed E-state index contributed by atoms with van der Waals surface area (Å²) in [6, 6.07) is 0. The lowest BCUT2D eigenvalue weighted by molar-refractivity contribution is -0.160. The van der Waals surface area contributed by atoms with Crippen LogP contribution in [0.1, 0.15) is 0 Å². The summed E-state index contributed by atoms with van der Waals surface area (Å²) in [6.45, 7) is 0.290. The van der Waals surface area contributed by atoms with Crippen molar-refractivity contribution in [2.75, 3.05) is 19.5 Å². The van der Waals surface area contributed by atoms with Crippen molar-refractivity contribution in [1.82, 2.24) is 0 Å². The van der Waals surface area contributed by atoms with Gasteiger partial charge in [-0.1, -0.05) is 0 Å². The monoisotopic (exact) mass is 322 g/mol. The fraction of sp³-hybridized carbons (Fsp3) is 0.818. The van der Waals surface area contributed by atoms with Gasteiger partial charge in [0.1, 0.15) is 12.2 Å². The van der Waals surface area contributed by atoms with Crippen LogP contribution in [-0.2, 0) is 38.7 Å². The second-order valence-corrected chi connectivity index (χ2v) is 6.71. The Morgan fingerprint density at radius 2 is 2.00 bits per heavy atom. The van der Waals surface area contributed by atoms with E-state index in [2.05, 4.69) is 0 Å². The number of esters is 2. The van der Waals surface area contributed by atoms with Crippen molar-refractivity contribution in [1.29, 1.82) is 0 Å². The second-order valence-electron chi connectivity index (χ2n) is 5.26. The van der Waals surface area contributed by atoms with Crippen LogP contribution >= 0.6 is 0 Å². The van der Waals surface area contributed by atoms with Gasteiger partial charge in [-0.3, -0.25) is 14.1 Å². The molecule has 3 saturated heterocycles. The van der Waals surface area contributed by atoms with Gasteiger partial charge in [0.15, 0.2) is 11.9 Å². The van der Waals surface area contributed by atoms with E-state index in [4.69, 9.17) is 23.5 Å². The van der Waals surface area contributed by atoms with Gasteiger partial charge in [0.05, 0.1) is 25.7 Å². The maximum Gasteiger partial charge on any atom is 0.324 e. The Kier molecular flexibility index (Phi) is 3.43. The number of hydrogen-bond acceptors (Lipinski definition) is 8. The minimum absolute atomic E-state index is 0.149. The maximum atomic E-state index is 11.8. The van der Waals surface area contributed by atoms with Gasteiger partial charge < -0.3 is 18.9 Å². The Hall–Kier alpha value is -1.23. The van der Waals surface area contributed by atoms with Gasteiger partial charge >= 0.3 is 11.9 Å². The van der Waals surface area contributed by atoms with Gasteiger partial charge in [0, 0.05) is 5.92 Å². The summed E-state index contributed by atoms with van der Waals surface area (Å²) in [5.41, 5.74) is 0. The van der Waals surface area contributed by atoms with Crippen molar-refractivity contribution in [2.24, 2.45) is 11.8 Å². The summed E-state index contributed by atoms with van der Waals surface area (Å²) < 4.78 is 50.8. The molecule has 21 heavy (non-hydrogen) atoms. The van der Waals surface area contributed by atoms with Crippen LogP contribution in [0.3, 0.4) is 0 Å². The summed E-state index contributed by atoms with van der Waals surface area (Å²) in [6.07, 6.45) is -2.49. The zero-order chi connectivity index (χ0) is 15.4. The number of rotatable bonds is 4. The quantitative estimate of drug-likeness (QED) is 0.479. The van der Waals surface area contributed by atoms with E-state index in [1.165, 1.54) is 7.11 Å². The van der Waals surface area contributed by atoms with Gasteiger partial charge in [0.25, 0.3) is 10.1 Å². The summed E-state index contributed by atoms with van der Waals surface area (Å²) in [7, 11) is -3.22. The molecule has 10 heteroatoms. The molecule has 0 spiro atoms. The zero-order valence-corrected chi connectivity index (χ0v) is 11.8. The minimum atomic E-state index is -4.47. The van der Waals surface area contributed by atoms with Crippen molar-refractivity contribution in [3.05, 3.63) is 0 Å². The Balaban J connectivity index is 1.75. The van der Waals surface area contributed by atoms with Crippen molar-refractivity contribution >= 4 is 22.1 Å². The van der Waals surface area contributed by atoms with E-state index in [9.17, 15) is 18.0 Å². The third kappa shape index (κ3) is 2.41. The molecule has 1 N–H and O–H groups in total. The van der Waals surface area contributed by atoms with Crippen LogP contribution in [0.5, 0.6) is 0 Å². The molecule has 3 rings (SSSR count). The van der Waals surface area contributed by atoms with Crippen LogP contribution in [-0.4, -0.2) is 68.8 Å². The van der Waals surface area contributed by atoms with Gasteiger partial charge in [-0.05, 0) is 0 Å². The third-order valence-corrected chi connectivity index (χ3v) is 4.65. The first kappa shape index (κ1) is 14.7. The summed E-state index contributed by atoms with van der Waals surface area (Å²) >= 11 is 0. The highest BCUT2D eigenvalue weighted by Crippen LogP contribution is 2.50. The Morgan fingerprint density at radius 1 is 1.29 bits per heavy atom. The predicted molar refractivity (Wildman–Crippen MR) is 63.7 cm³/mol. The highest BCUT2D eigenvalue weighted by Gasteiger charge is 2.67. The molecule has 0 radical (unpaired) electrons. The molecule has 0 aromatic rings. The molecular weight excluding hydrogens is 308 g/mol. The SMILES string of the molecule is COC(=O)C1C2COC3C2OC1C3OC(=O)CS(=O)(=O)O. The van der Waals surface area contributed by atoms with E-state index in [1.807, 2.05) is 0 Å².